The van der Waals surface area contributed by atoms with Gasteiger partial charge in [0.25, 0.3) is 5.91 Å². The Balaban J connectivity index is 1.31. The van der Waals surface area contributed by atoms with Crippen LogP contribution in [0.3, 0.4) is 0 Å². The summed E-state index contributed by atoms with van der Waals surface area (Å²) in [7, 11) is 0. The minimum absolute atomic E-state index is 0.0219. The number of rotatable bonds is 6. The van der Waals surface area contributed by atoms with Crippen molar-refractivity contribution in [3.8, 4) is 0 Å². The van der Waals surface area contributed by atoms with Gasteiger partial charge >= 0.3 is 6.09 Å². The third-order valence-corrected chi connectivity index (χ3v) is 9.07. The van der Waals surface area contributed by atoms with E-state index < -0.39 is 17.7 Å². The number of benzene rings is 2. The summed E-state index contributed by atoms with van der Waals surface area (Å²) in [5.74, 6) is -0.0178. The smallest absolute Gasteiger partial charge is 0.408 e. The van der Waals surface area contributed by atoms with E-state index in [-0.39, 0.29) is 23.1 Å². The molecule has 1 spiro atoms. The number of alkyl carbamates (subject to hydrolysis) is 1. The second-order valence-electron chi connectivity index (χ2n) is 13.1. The number of hydrogen-bond acceptors (Lipinski definition) is 4. The maximum absolute atomic E-state index is 13.9. The van der Waals surface area contributed by atoms with Gasteiger partial charge < -0.3 is 20.3 Å². The summed E-state index contributed by atoms with van der Waals surface area (Å²) >= 11 is 0. The highest BCUT2D eigenvalue weighted by molar-refractivity contribution is 6.27. The van der Waals surface area contributed by atoms with Gasteiger partial charge in [-0.1, -0.05) is 68.7 Å². The van der Waals surface area contributed by atoms with Gasteiger partial charge in [-0.15, -0.1) is 0 Å². The van der Waals surface area contributed by atoms with Gasteiger partial charge in [0.1, 0.15) is 11.6 Å². The molecule has 1 aliphatic heterocycles. The molecule has 7 heteroatoms. The largest absolute Gasteiger partial charge is 0.444 e. The Bertz CT molecular complexity index is 1330. The van der Waals surface area contributed by atoms with Gasteiger partial charge in [0.2, 0.25) is 5.91 Å². The molecular formula is C35H45N3O4. The second kappa shape index (κ2) is 12.3. The van der Waals surface area contributed by atoms with Crippen molar-refractivity contribution in [2.45, 2.75) is 96.1 Å². The maximum atomic E-state index is 13.9. The molecule has 42 heavy (non-hydrogen) atoms. The Morgan fingerprint density at radius 3 is 2.29 bits per heavy atom. The van der Waals surface area contributed by atoms with Crippen molar-refractivity contribution in [1.82, 2.24) is 10.2 Å². The molecule has 2 N–H and O–H groups in total. The number of aryl methyl sites for hydroxylation is 1. The van der Waals surface area contributed by atoms with Gasteiger partial charge in [-0.3, -0.25) is 9.59 Å². The molecule has 3 amide bonds. The summed E-state index contributed by atoms with van der Waals surface area (Å²) in [5, 5.41) is 6.04. The SMILES string of the molecule is CCc1ccc(NC(=O)C2=CC3(CCN(C(=O)[C@@H](NC(=O)OC(C)(C)C)C4CCCCC4)CC3)c3ccccc32)cc1. The molecule has 1 heterocycles. The van der Waals surface area contributed by atoms with Crippen LogP contribution in [0, 0.1) is 5.92 Å². The first-order valence-corrected chi connectivity index (χ1v) is 15.6. The third kappa shape index (κ3) is 6.55. The third-order valence-electron chi connectivity index (χ3n) is 9.07. The molecule has 224 valence electrons. The lowest BCUT2D eigenvalue weighted by molar-refractivity contribution is -0.136. The molecule has 1 atom stereocenters. The number of hydrogen-bond donors (Lipinski definition) is 2. The molecule has 1 saturated carbocycles. The van der Waals surface area contributed by atoms with Crippen molar-refractivity contribution in [3.05, 3.63) is 71.3 Å². The van der Waals surface area contributed by atoms with E-state index in [0.29, 0.717) is 18.7 Å². The quantitative estimate of drug-likeness (QED) is 0.408. The van der Waals surface area contributed by atoms with E-state index in [0.717, 1.165) is 61.8 Å². The average molecular weight is 572 g/mol. The minimum Gasteiger partial charge on any atom is -0.444 e. The van der Waals surface area contributed by atoms with E-state index >= 15 is 0 Å². The molecule has 0 aromatic heterocycles. The van der Waals surface area contributed by atoms with Crippen molar-refractivity contribution in [2.24, 2.45) is 5.92 Å². The normalized spacial score (nSPS) is 19.0. The Morgan fingerprint density at radius 1 is 0.976 bits per heavy atom. The van der Waals surface area contributed by atoms with E-state index in [1.165, 1.54) is 12.0 Å². The lowest BCUT2D eigenvalue weighted by Crippen LogP contribution is -2.56. The Hall–Kier alpha value is -3.61. The number of fused-ring (bicyclic) bond motifs is 2. The number of likely N-dealkylation sites (tertiary alicyclic amines) is 1. The highest BCUT2D eigenvalue weighted by atomic mass is 16.6. The molecule has 2 aromatic carbocycles. The number of nitrogens with one attached hydrogen (secondary N) is 2. The van der Waals surface area contributed by atoms with Crippen LogP contribution >= 0.6 is 0 Å². The van der Waals surface area contributed by atoms with Gasteiger partial charge in [0.05, 0.1) is 0 Å². The molecule has 7 nitrogen and oxygen atoms in total. The Kier molecular flexibility index (Phi) is 8.76. The number of anilines is 1. The molecule has 2 fully saturated rings. The van der Waals surface area contributed by atoms with E-state index in [9.17, 15) is 14.4 Å². The van der Waals surface area contributed by atoms with E-state index in [1.807, 2.05) is 68.1 Å². The van der Waals surface area contributed by atoms with E-state index in [1.54, 1.807) is 0 Å². The van der Waals surface area contributed by atoms with Crippen molar-refractivity contribution in [1.29, 1.82) is 0 Å². The molecule has 0 unspecified atom stereocenters. The topological polar surface area (TPSA) is 87.7 Å². The second-order valence-corrected chi connectivity index (χ2v) is 13.1. The fourth-order valence-electron chi connectivity index (χ4n) is 6.81. The number of allylic oxidation sites excluding steroid dienone is 1. The van der Waals surface area contributed by atoms with Crippen molar-refractivity contribution < 1.29 is 19.1 Å². The van der Waals surface area contributed by atoms with Crippen LogP contribution in [0.2, 0.25) is 0 Å². The summed E-state index contributed by atoms with van der Waals surface area (Å²) in [6.45, 7) is 8.74. The Morgan fingerprint density at radius 2 is 1.64 bits per heavy atom. The van der Waals surface area contributed by atoms with Crippen LogP contribution in [-0.4, -0.2) is 47.5 Å². The van der Waals surface area contributed by atoms with Gasteiger partial charge in [-0.25, -0.2) is 4.79 Å². The number of amides is 3. The van der Waals surface area contributed by atoms with Crippen molar-refractivity contribution in [2.75, 3.05) is 18.4 Å². The number of nitrogens with zero attached hydrogens (tertiary/aromatic N) is 1. The molecule has 1 saturated heterocycles. The molecular weight excluding hydrogens is 526 g/mol. The number of piperidine rings is 1. The average Bonchev–Trinajstić information content (AvgIpc) is 3.30. The van der Waals surface area contributed by atoms with Crippen LogP contribution in [0.1, 0.15) is 89.3 Å². The molecule has 2 aromatic rings. The number of carbonyl (C=O) groups excluding carboxylic acids is 3. The van der Waals surface area contributed by atoms with Crippen LogP contribution in [-0.2, 0) is 26.2 Å². The predicted octanol–water partition coefficient (Wildman–Crippen LogP) is 6.62. The lowest BCUT2D eigenvalue weighted by atomic mass is 9.74. The molecule has 0 bridgehead atoms. The first-order chi connectivity index (χ1) is 20.1. The number of ether oxygens (including phenoxy) is 1. The first-order valence-electron chi connectivity index (χ1n) is 15.6. The monoisotopic (exact) mass is 571 g/mol. The fraction of sp³-hybridized carbons (Fsp3) is 0.514. The van der Waals surface area contributed by atoms with Gasteiger partial charge in [0, 0.05) is 29.8 Å². The van der Waals surface area contributed by atoms with Gasteiger partial charge in [0.15, 0.2) is 0 Å². The van der Waals surface area contributed by atoms with Crippen molar-refractivity contribution >= 4 is 29.2 Å². The van der Waals surface area contributed by atoms with Gasteiger partial charge in [-0.2, -0.15) is 0 Å². The minimum atomic E-state index is -0.632. The predicted molar refractivity (Wildman–Crippen MR) is 166 cm³/mol. The molecule has 0 radical (unpaired) electrons. The Labute approximate surface area is 250 Å². The molecule has 2 aliphatic carbocycles. The summed E-state index contributed by atoms with van der Waals surface area (Å²) in [6.07, 6.45) is 9.17. The number of carbonyl (C=O) groups is 3. The highest BCUT2D eigenvalue weighted by Gasteiger charge is 2.44. The van der Waals surface area contributed by atoms with Crippen LogP contribution < -0.4 is 10.6 Å². The summed E-state index contributed by atoms with van der Waals surface area (Å²) in [6, 6.07) is 15.5. The van der Waals surface area contributed by atoms with E-state index in [4.69, 9.17) is 4.74 Å². The fourth-order valence-corrected chi connectivity index (χ4v) is 6.81. The zero-order valence-corrected chi connectivity index (χ0v) is 25.5. The standard InChI is InChI=1S/C35H45N3O4/c1-5-24-15-17-26(18-16-24)36-31(39)28-23-35(29-14-10-9-13-27(28)29)19-21-38(22-20-35)32(40)30(25-11-7-6-8-12-25)37-33(41)42-34(2,3)4/h9-10,13-18,23,25,30H,5-8,11-12,19-22H2,1-4H3,(H,36,39)(H,37,41)/t30-/m0/s1. The van der Waals surface area contributed by atoms with Crippen LogP contribution in [0.4, 0.5) is 10.5 Å². The highest BCUT2D eigenvalue weighted by Crippen LogP contribution is 2.47. The summed E-state index contributed by atoms with van der Waals surface area (Å²) in [4.78, 5) is 42.1. The van der Waals surface area contributed by atoms with Crippen LogP contribution in [0.25, 0.3) is 5.57 Å². The van der Waals surface area contributed by atoms with E-state index in [2.05, 4.69) is 29.7 Å². The first kappa shape index (κ1) is 29.9. The van der Waals surface area contributed by atoms with Crippen LogP contribution in [0.15, 0.2) is 54.6 Å². The van der Waals surface area contributed by atoms with Gasteiger partial charge in [-0.05, 0) is 87.6 Å². The van der Waals surface area contributed by atoms with Crippen LogP contribution in [0.5, 0.6) is 0 Å². The molecule has 5 rings (SSSR count). The summed E-state index contributed by atoms with van der Waals surface area (Å²) < 4.78 is 5.53. The zero-order valence-electron chi connectivity index (χ0n) is 25.5. The maximum Gasteiger partial charge on any atom is 0.408 e. The van der Waals surface area contributed by atoms with Crippen molar-refractivity contribution in [3.63, 3.8) is 0 Å². The lowest BCUT2D eigenvalue weighted by Gasteiger charge is -2.41. The summed E-state index contributed by atoms with van der Waals surface area (Å²) in [5.41, 5.74) is 3.88. The zero-order chi connectivity index (χ0) is 29.9. The molecule has 3 aliphatic rings.